The minimum atomic E-state index is 0.278. The van der Waals surface area contributed by atoms with E-state index in [1.807, 2.05) is 42.5 Å². The van der Waals surface area contributed by atoms with E-state index in [1.54, 1.807) is 0 Å². The molecule has 3 rings (SSSR count). The van der Waals surface area contributed by atoms with Crippen LogP contribution < -0.4 is 21.5 Å². The van der Waals surface area contributed by atoms with Crippen molar-refractivity contribution < 1.29 is 4.74 Å². The maximum atomic E-state index is 5.93. The average Bonchev–Trinajstić information content (AvgIpc) is 2.79. The first-order chi connectivity index (χ1) is 14.7. The molecular weight excluding hydrogens is 376 g/mol. The van der Waals surface area contributed by atoms with E-state index >= 15 is 0 Å². The zero-order chi connectivity index (χ0) is 21.0. The molecule has 0 radical (unpaired) electrons. The molecule has 5 N–H and O–H groups in total. The molecule has 0 atom stereocenters. The van der Waals surface area contributed by atoms with E-state index in [0.717, 1.165) is 50.5 Å². The lowest BCUT2D eigenvalue weighted by molar-refractivity contribution is 0.232. The predicted molar refractivity (Wildman–Crippen MR) is 123 cm³/mol. The Hall–Kier alpha value is -2.90. The fraction of sp³-hybridized carbons (Fsp3) is 0.391. The lowest BCUT2D eigenvalue weighted by atomic mass is 10.2. The molecular formula is C23H32N6O. The van der Waals surface area contributed by atoms with Gasteiger partial charge in [-0.25, -0.2) is 0 Å². The van der Waals surface area contributed by atoms with E-state index in [2.05, 4.69) is 32.3 Å². The number of ether oxygens (including phenoxy) is 1. The SMILES string of the molecule is NC(=NCCCOc1cccc(CN2CCNCC2)c1)C(N)=NCc1ccccc1. The van der Waals surface area contributed by atoms with Gasteiger partial charge in [-0.2, -0.15) is 0 Å². The summed E-state index contributed by atoms with van der Waals surface area (Å²) in [6, 6.07) is 18.2. The largest absolute Gasteiger partial charge is 0.494 e. The van der Waals surface area contributed by atoms with Crippen molar-refractivity contribution in [3.63, 3.8) is 0 Å². The molecule has 0 spiro atoms. The molecule has 7 heteroatoms. The van der Waals surface area contributed by atoms with Gasteiger partial charge < -0.3 is 21.5 Å². The van der Waals surface area contributed by atoms with E-state index in [0.29, 0.717) is 19.7 Å². The monoisotopic (exact) mass is 408 g/mol. The second-order valence-corrected chi connectivity index (χ2v) is 7.33. The van der Waals surface area contributed by atoms with Crippen LogP contribution in [0.3, 0.4) is 0 Å². The molecule has 2 aromatic carbocycles. The van der Waals surface area contributed by atoms with Gasteiger partial charge in [0, 0.05) is 45.7 Å². The van der Waals surface area contributed by atoms with Crippen LogP contribution in [0.4, 0.5) is 0 Å². The van der Waals surface area contributed by atoms with E-state index in [-0.39, 0.29) is 11.7 Å². The minimum absolute atomic E-state index is 0.278. The highest BCUT2D eigenvalue weighted by atomic mass is 16.5. The van der Waals surface area contributed by atoms with Gasteiger partial charge >= 0.3 is 0 Å². The summed E-state index contributed by atoms with van der Waals surface area (Å²) in [5, 5.41) is 3.38. The number of benzene rings is 2. The van der Waals surface area contributed by atoms with Crippen molar-refractivity contribution in [1.82, 2.24) is 10.2 Å². The standard InChI is InChI=1S/C23H32N6O/c24-22(23(25)28-17-19-6-2-1-3-7-19)27-10-5-15-30-21-9-4-8-20(16-21)18-29-13-11-26-12-14-29/h1-4,6-9,16,26H,5,10-15,17-18H2,(H2,24,27)(H2,25,28). The summed E-state index contributed by atoms with van der Waals surface area (Å²) in [5.41, 5.74) is 14.2. The smallest absolute Gasteiger partial charge is 0.161 e. The summed E-state index contributed by atoms with van der Waals surface area (Å²) in [5.74, 6) is 1.45. The van der Waals surface area contributed by atoms with Crippen LogP contribution in [0.1, 0.15) is 17.5 Å². The van der Waals surface area contributed by atoms with Gasteiger partial charge in [-0.05, 0) is 23.3 Å². The van der Waals surface area contributed by atoms with Gasteiger partial charge in [0.1, 0.15) is 5.75 Å². The molecule has 0 aliphatic carbocycles. The lowest BCUT2D eigenvalue weighted by Crippen LogP contribution is -2.42. The molecule has 30 heavy (non-hydrogen) atoms. The summed E-state index contributed by atoms with van der Waals surface area (Å²) in [6.45, 7) is 6.87. The van der Waals surface area contributed by atoms with Crippen LogP contribution in [0.2, 0.25) is 0 Å². The van der Waals surface area contributed by atoms with Crippen LogP contribution in [0, 0.1) is 0 Å². The Bertz CT molecular complexity index is 831. The number of piperazine rings is 1. The van der Waals surface area contributed by atoms with Crippen molar-refractivity contribution in [3.8, 4) is 5.75 Å². The van der Waals surface area contributed by atoms with Gasteiger partial charge in [0.2, 0.25) is 0 Å². The number of rotatable bonds is 9. The number of nitrogens with zero attached hydrogens (tertiary/aromatic N) is 3. The van der Waals surface area contributed by atoms with E-state index in [4.69, 9.17) is 16.2 Å². The molecule has 2 aromatic rings. The van der Waals surface area contributed by atoms with Crippen LogP contribution in [-0.2, 0) is 13.1 Å². The number of nitrogens with one attached hydrogen (secondary N) is 1. The van der Waals surface area contributed by atoms with E-state index in [9.17, 15) is 0 Å². The van der Waals surface area contributed by atoms with Crippen molar-refractivity contribution in [2.75, 3.05) is 39.3 Å². The number of hydrogen-bond acceptors (Lipinski definition) is 5. The van der Waals surface area contributed by atoms with E-state index in [1.165, 1.54) is 5.56 Å². The summed E-state index contributed by atoms with van der Waals surface area (Å²) >= 11 is 0. The molecule has 1 saturated heterocycles. The molecule has 1 aliphatic heterocycles. The van der Waals surface area contributed by atoms with Crippen LogP contribution in [-0.4, -0.2) is 55.9 Å². The highest BCUT2D eigenvalue weighted by Gasteiger charge is 2.10. The first-order valence-electron chi connectivity index (χ1n) is 10.5. The molecule has 1 fully saturated rings. The summed E-state index contributed by atoms with van der Waals surface area (Å²) in [6.07, 6.45) is 0.759. The fourth-order valence-corrected chi connectivity index (χ4v) is 3.24. The van der Waals surface area contributed by atoms with Gasteiger partial charge in [0.05, 0.1) is 13.2 Å². The van der Waals surface area contributed by atoms with Gasteiger partial charge in [-0.3, -0.25) is 14.9 Å². The Labute approximate surface area is 178 Å². The summed E-state index contributed by atoms with van der Waals surface area (Å²) in [4.78, 5) is 11.1. The lowest BCUT2D eigenvalue weighted by Gasteiger charge is -2.27. The van der Waals surface area contributed by atoms with Crippen molar-refractivity contribution in [2.24, 2.45) is 21.5 Å². The number of hydrogen-bond donors (Lipinski definition) is 3. The Morgan fingerprint density at radius 2 is 1.67 bits per heavy atom. The third-order valence-electron chi connectivity index (χ3n) is 4.90. The van der Waals surface area contributed by atoms with Crippen LogP contribution in [0.15, 0.2) is 64.6 Å². The third-order valence-corrected chi connectivity index (χ3v) is 4.90. The number of amidine groups is 2. The van der Waals surface area contributed by atoms with Crippen molar-refractivity contribution in [3.05, 3.63) is 65.7 Å². The van der Waals surface area contributed by atoms with Crippen LogP contribution >= 0.6 is 0 Å². The molecule has 160 valence electrons. The van der Waals surface area contributed by atoms with Gasteiger partial charge in [-0.15, -0.1) is 0 Å². The molecule has 0 bridgehead atoms. The second-order valence-electron chi connectivity index (χ2n) is 7.33. The molecule has 0 saturated carbocycles. The Morgan fingerprint density at radius 1 is 0.933 bits per heavy atom. The normalized spacial score (nSPS) is 15.9. The zero-order valence-electron chi connectivity index (χ0n) is 17.5. The van der Waals surface area contributed by atoms with Crippen molar-refractivity contribution in [2.45, 2.75) is 19.5 Å². The second kappa shape index (κ2) is 11.9. The maximum absolute atomic E-state index is 5.93. The Morgan fingerprint density at radius 3 is 2.47 bits per heavy atom. The zero-order valence-corrected chi connectivity index (χ0v) is 17.5. The van der Waals surface area contributed by atoms with Crippen molar-refractivity contribution in [1.29, 1.82) is 0 Å². The Balaban J connectivity index is 1.38. The predicted octanol–water partition coefficient (Wildman–Crippen LogP) is 1.78. The van der Waals surface area contributed by atoms with Crippen LogP contribution in [0.5, 0.6) is 5.75 Å². The van der Waals surface area contributed by atoms with Gasteiger partial charge in [0.25, 0.3) is 0 Å². The van der Waals surface area contributed by atoms with Gasteiger partial charge in [-0.1, -0.05) is 42.5 Å². The summed E-state index contributed by atoms with van der Waals surface area (Å²) < 4.78 is 5.88. The highest BCUT2D eigenvalue weighted by Crippen LogP contribution is 2.15. The number of aliphatic imine (C=N–C) groups is 2. The fourth-order valence-electron chi connectivity index (χ4n) is 3.24. The molecule has 0 amide bonds. The number of nitrogens with two attached hydrogens (primary N) is 2. The molecule has 0 aromatic heterocycles. The maximum Gasteiger partial charge on any atom is 0.161 e. The van der Waals surface area contributed by atoms with Crippen molar-refractivity contribution >= 4 is 11.7 Å². The average molecular weight is 409 g/mol. The summed E-state index contributed by atoms with van der Waals surface area (Å²) in [7, 11) is 0. The first-order valence-corrected chi connectivity index (χ1v) is 10.5. The molecule has 1 aliphatic rings. The first kappa shape index (κ1) is 21.8. The quantitative estimate of drug-likeness (QED) is 0.334. The molecule has 0 unspecified atom stereocenters. The van der Waals surface area contributed by atoms with E-state index < -0.39 is 0 Å². The third kappa shape index (κ3) is 7.50. The molecule has 1 heterocycles. The Kier molecular flexibility index (Phi) is 8.68. The van der Waals surface area contributed by atoms with Gasteiger partial charge in [0.15, 0.2) is 11.7 Å². The minimum Gasteiger partial charge on any atom is -0.494 e. The molecule has 7 nitrogen and oxygen atoms in total. The van der Waals surface area contributed by atoms with Crippen LogP contribution in [0.25, 0.3) is 0 Å². The topological polar surface area (TPSA) is 101 Å². The highest BCUT2D eigenvalue weighted by molar-refractivity contribution is 6.39.